The Morgan fingerprint density at radius 1 is 1.21 bits per heavy atom. The van der Waals surface area contributed by atoms with Gasteiger partial charge in [-0.25, -0.2) is 9.97 Å². The first kappa shape index (κ1) is 13.4. The summed E-state index contributed by atoms with van der Waals surface area (Å²) in [6.07, 6.45) is 3.54. The highest BCUT2D eigenvalue weighted by molar-refractivity contribution is 5.31. The number of nitrogens with two attached hydrogens (primary N) is 1. The van der Waals surface area contributed by atoms with Crippen LogP contribution in [-0.2, 0) is 24.2 Å². The van der Waals surface area contributed by atoms with E-state index in [4.69, 9.17) is 10.5 Å². The summed E-state index contributed by atoms with van der Waals surface area (Å²) in [5.41, 5.74) is 8.82. The molecule has 100 valence electrons. The molecular weight excluding hydrogens is 240 g/mol. The molecule has 2 heterocycles. The van der Waals surface area contributed by atoms with Gasteiger partial charge in [-0.15, -0.1) is 0 Å². The number of hydrogen-bond acceptors (Lipinski definition) is 5. The van der Waals surface area contributed by atoms with Gasteiger partial charge in [0.15, 0.2) is 5.82 Å². The van der Waals surface area contributed by atoms with Gasteiger partial charge < -0.3 is 10.5 Å². The summed E-state index contributed by atoms with van der Waals surface area (Å²) >= 11 is 0. The summed E-state index contributed by atoms with van der Waals surface area (Å²) in [7, 11) is 1.61. The van der Waals surface area contributed by atoms with Gasteiger partial charge >= 0.3 is 0 Å². The molecule has 2 N–H and O–H groups in total. The predicted octanol–water partition coefficient (Wildman–Crippen LogP) is 1.75. The van der Waals surface area contributed by atoms with E-state index in [9.17, 15) is 0 Å². The van der Waals surface area contributed by atoms with Gasteiger partial charge in [-0.1, -0.05) is 13.0 Å². The topological polar surface area (TPSA) is 73.9 Å². The Morgan fingerprint density at radius 2 is 2.05 bits per heavy atom. The number of pyridine rings is 1. The van der Waals surface area contributed by atoms with Crippen molar-refractivity contribution in [3.05, 3.63) is 47.2 Å². The largest absolute Gasteiger partial charge is 0.384 e. The predicted molar refractivity (Wildman–Crippen MR) is 73.6 cm³/mol. The Hall–Kier alpha value is -2.01. The molecule has 0 saturated heterocycles. The minimum Gasteiger partial charge on any atom is -0.384 e. The molecule has 0 radical (unpaired) electrons. The molecule has 0 bridgehead atoms. The molecule has 2 rings (SSSR count). The highest BCUT2D eigenvalue weighted by Crippen LogP contribution is 2.10. The monoisotopic (exact) mass is 258 g/mol. The second-order valence-electron chi connectivity index (χ2n) is 4.32. The molecule has 0 spiro atoms. The highest BCUT2D eigenvalue weighted by Gasteiger charge is 2.05. The fourth-order valence-electron chi connectivity index (χ4n) is 1.81. The zero-order valence-electron chi connectivity index (χ0n) is 11.3. The standard InChI is InChI=1S/C14H18N4O/c1-3-10-4-5-11(16-8-10)6-12-7-13(15)18-14(17-12)9-19-2/h4-5,7-8H,3,6,9H2,1-2H3,(H2,15,17,18). The lowest BCUT2D eigenvalue weighted by atomic mass is 10.1. The third-order valence-corrected chi connectivity index (χ3v) is 2.78. The summed E-state index contributed by atoms with van der Waals surface area (Å²) in [5, 5.41) is 0. The summed E-state index contributed by atoms with van der Waals surface area (Å²) in [5.74, 6) is 1.06. The van der Waals surface area contributed by atoms with Gasteiger partial charge in [0.25, 0.3) is 0 Å². The maximum Gasteiger partial charge on any atom is 0.156 e. The first-order chi connectivity index (χ1) is 9.21. The summed E-state index contributed by atoms with van der Waals surface area (Å²) in [4.78, 5) is 12.9. The van der Waals surface area contributed by atoms with E-state index < -0.39 is 0 Å². The Labute approximate surface area is 112 Å². The summed E-state index contributed by atoms with van der Waals surface area (Å²) in [6.45, 7) is 2.47. The fraction of sp³-hybridized carbons (Fsp3) is 0.357. The number of nitrogen functional groups attached to an aromatic ring is 1. The smallest absolute Gasteiger partial charge is 0.156 e. The first-order valence-electron chi connectivity index (χ1n) is 6.26. The van der Waals surface area contributed by atoms with Crippen LogP contribution < -0.4 is 5.73 Å². The zero-order valence-corrected chi connectivity index (χ0v) is 11.3. The molecule has 0 atom stereocenters. The molecule has 0 amide bonds. The van der Waals surface area contributed by atoms with Crippen molar-refractivity contribution < 1.29 is 4.74 Å². The Bertz CT molecular complexity index is 540. The molecule has 2 aromatic rings. The number of aromatic nitrogens is 3. The normalized spacial score (nSPS) is 10.6. The molecule has 0 fully saturated rings. The maximum absolute atomic E-state index is 5.76. The number of ether oxygens (including phenoxy) is 1. The van der Waals surface area contributed by atoms with Crippen LogP contribution >= 0.6 is 0 Å². The van der Waals surface area contributed by atoms with Crippen molar-refractivity contribution in [3.63, 3.8) is 0 Å². The van der Waals surface area contributed by atoms with Gasteiger partial charge in [-0.05, 0) is 18.1 Å². The van der Waals surface area contributed by atoms with Gasteiger partial charge in [0.1, 0.15) is 12.4 Å². The van der Waals surface area contributed by atoms with Crippen LogP contribution in [0, 0.1) is 0 Å². The van der Waals surface area contributed by atoms with Crippen molar-refractivity contribution in [1.29, 1.82) is 0 Å². The van der Waals surface area contributed by atoms with E-state index in [0.717, 1.165) is 17.8 Å². The average molecular weight is 258 g/mol. The van der Waals surface area contributed by atoms with Gasteiger partial charge in [-0.2, -0.15) is 0 Å². The van der Waals surface area contributed by atoms with Gasteiger partial charge in [0.2, 0.25) is 0 Å². The van der Waals surface area contributed by atoms with Crippen molar-refractivity contribution in [2.75, 3.05) is 12.8 Å². The molecule has 0 saturated carbocycles. The van der Waals surface area contributed by atoms with E-state index in [0.29, 0.717) is 24.7 Å². The van der Waals surface area contributed by atoms with Crippen molar-refractivity contribution in [2.45, 2.75) is 26.4 Å². The molecular formula is C14H18N4O. The van der Waals surface area contributed by atoms with Crippen LogP contribution in [-0.4, -0.2) is 22.1 Å². The van der Waals surface area contributed by atoms with Crippen LogP contribution in [0.25, 0.3) is 0 Å². The Morgan fingerprint density at radius 3 is 2.68 bits per heavy atom. The maximum atomic E-state index is 5.76. The molecule has 0 aliphatic carbocycles. The van der Waals surface area contributed by atoms with E-state index >= 15 is 0 Å². The summed E-state index contributed by atoms with van der Waals surface area (Å²) < 4.78 is 5.02. The lowest BCUT2D eigenvalue weighted by molar-refractivity contribution is 0.177. The van der Waals surface area contributed by atoms with Crippen molar-refractivity contribution in [3.8, 4) is 0 Å². The number of anilines is 1. The average Bonchev–Trinajstić information content (AvgIpc) is 2.39. The molecule has 19 heavy (non-hydrogen) atoms. The zero-order chi connectivity index (χ0) is 13.7. The number of methoxy groups -OCH3 is 1. The molecule has 5 heteroatoms. The van der Waals surface area contributed by atoms with Crippen LogP contribution in [0.15, 0.2) is 24.4 Å². The number of rotatable bonds is 5. The lowest BCUT2D eigenvalue weighted by Crippen LogP contribution is -2.05. The number of nitrogens with zero attached hydrogens (tertiary/aromatic N) is 3. The van der Waals surface area contributed by atoms with E-state index in [1.165, 1.54) is 5.56 Å². The van der Waals surface area contributed by atoms with Crippen LogP contribution in [0.1, 0.15) is 29.7 Å². The van der Waals surface area contributed by atoms with E-state index in [2.05, 4.69) is 27.9 Å². The van der Waals surface area contributed by atoms with Crippen molar-refractivity contribution >= 4 is 5.82 Å². The molecule has 5 nitrogen and oxygen atoms in total. The third kappa shape index (κ3) is 3.72. The Balaban J connectivity index is 2.17. The molecule has 0 aliphatic heterocycles. The Kier molecular flexibility index (Phi) is 4.41. The minimum absolute atomic E-state index is 0.361. The quantitative estimate of drug-likeness (QED) is 0.884. The first-order valence-corrected chi connectivity index (χ1v) is 6.26. The van der Waals surface area contributed by atoms with E-state index in [-0.39, 0.29) is 0 Å². The number of aryl methyl sites for hydroxylation is 1. The van der Waals surface area contributed by atoms with Gasteiger partial charge in [0, 0.05) is 31.5 Å². The van der Waals surface area contributed by atoms with Crippen LogP contribution in [0.5, 0.6) is 0 Å². The second kappa shape index (κ2) is 6.24. The minimum atomic E-state index is 0.361. The van der Waals surface area contributed by atoms with Crippen molar-refractivity contribution in [2.24, 2.45) is 0 Å². The van der Waals surface area contributed by atoms with Crippen molar-refractivity contribution in [1.82, 2.24) is 15.0 Å². The second-order valence-corrected chi connectivity index (χ2v) is 4.32. The van der Waals surface area contributed by atoms with Gasteiger partial charge in [-0.3, -0.25) is 4.98 Å². The molecule has 0 aliphatic rings. The van der Waals surface area contributed by atoms with Crippen LogP contribution in [0.4, 0.5) is 5.82 Å². The SMILES string of the molecule is CCc1ccc(Cc2cc(N)nc(COC)n2)nc1. The van der Waals surface area contributed by atoms with Crippen LogP contribution in [0.2, 0.25) is 0 Å². The third-order valence-electron chi connectivity index (χ3n) is 2.78. The number of hydrogen-bond donors (Lipinski definition) is 1. The van der Waals surface area contributed by atoms with E-state index in [1.54, 1.807) is 13.2 Å². The van der Waals surface area contributed by atoms with E-state index in [1.807, 2.05) is 12.3 Å². The highest BCUT2D eigenvalue weighted by atomic mass is 16.5. The van der Waals surface area contributed by atoms with Gasteiger partial charge in [0.05, 0.1) is 5.69 Å². The molecule has 0 unspecified atom stereocenters. The summed E-state index contributed by atoms with van der Waals surface area (Å²) in [6, 6.07) is 5.88. The molecule has 2 aromatic heterocycles. The van der Waals surface area contributed by atoms with Crippen LogP contribution in [0.3, 0.4) is 0 Å². The fourth-order valence-corrected chi connectivity index (χ4v) is 1.81. The lowest BCUT2D eigenvalue weighted by Gasteiger charge is -2.05. The molecule has 0 aromatic carbocycles.